The van der Waals surface area contributed by atoms with Crippen molar-refractivity contribution in [2.75, 3.05) is 0 Å². The number of hydrogen-bond acceptors (Lipinski definition) is 5. The van der Waals surface area contributed by atoms with Crippen molar-refractivity contribution in [3.05, 3.63) is 55.5 Å². The number of nitrogens with zero attached hydrogens (tertiary/aromatic N) is 5. The standard InChI is InChI=1S/C6H4N4.C5H5N/c1-2-9-6-5(8-1)3-7-4-10-6;1-2-4-6-5-3-1/h1-4H;1-5H. The molecule has 78 valence electrons. The van der Waals surface area contributed by atoms with E-state index in [-0.39, 0.29) is 0 Å². The van der Waals surface area contributed by atoms with Gasteiger partial charge < -0.3 is 0 Å². The van der Waals surface area contributed by atoms with Crippen molar-refractivity contribution < 1.29 is 0 Å². The summed E-state index contributed by atoms with van der Waals surface area (Å²) in [5, 5.41) is 0. The highest BCUT2D eigenvalue weighted by Gasteiger charge is 1.90. The zero-order chi connectivity index (χ0) is 11.1. The molecule has 3 rings (SSSR count). The van der Waals surface area contributed by atoms with E-state index in [1.807, 2.05) is 18.2 Å². The fourth-order valence-corrected chi connectivity index (χ4v) is 1.04. The van der Waals surface area contributed by atoms with Gasteiger partial charge in [0.1, 0.15) is 11.8 Å². The van der Waals surface area contributed by atoms with E-state index in [4.69, 9.17) is 0 Å². The minimum absolute atomic E-state index is 0.637. The van der Waals surface area contributed by atoms with Crippen molar-refractivity contribution in [1.82, 2.24) is 24.9 Å². The predicted octanol–water partition coefficient (Wildman–Crippen LogP) is 1.50. The number of hydrogen-bond donors (Lipinski definition) is 0. The van der Waals surface area contributed by atoms with Gasteiger partial charge in [0.25, 0.3) is 0 Å². The predicted molar refractivity (Wildman–Crippen MR) is 59.4 cm³/mol. The monoisotopic (exact) mass is 211 g/mol. The Morgan fingerprint density at radius 3 is 2.12 bits per heavy atom. The molecule has 3 aromatic rings. The Balaban J connectivity index is 0.000000138. The summed E-state index contributed by atoms with van der Waals surface area (Å²) in [4.78, 5) is 19.4. The molecule has 0 N–H and O–H groups in total. The molecule has 3 aromatic heterocycles. The first-order valence-electron chi connectivity index (χ1n) is 4.68. The largest absolute Gasteiger partial charge is 0.265 e. The molecule has 0 radical (unpaired) electrons. The van der Waals surface area contributed by atoms with Gasteiger partial charge in [-0.3, -0.25) is 4.98 Å². The van der Waals surface area contributed by atoms with E-state index in [9.17, 15) is 0 Å². The SMILES string of the molecule is c1ccncc1.c1cnc2ncncc2n1. The van der Waals surface area contributed by atoms with Crippen LogP contribution in [0.5, 0.6) is 0 Å². The van der Waals surface area contributed by atoms with Gasteiger partial charge in [-0.25, -0.2) is 19.9 Å². The lowest BCUT2D eigenvalue weighted by Crippen LogP contribution is -1.85. The minimum atomic E-state index is 0.637. The Hall–Kier alpha value is -2.43. The zero-order valence-corrected chi connectivity index (χ0v) is 8.43. The molecular formula is C11H9N5. The second-order valence-corrected chi connectivity index (χ2v) is 2.81. The van der Waals surface area contributed by atoms with E-state index in [0.717, 1.165) is 5.52 Å². The maximum atomic E-state index is 3.99. The van der Waals surface area contributed by atoms with Crippen molar-refractivity contribution in [1.29, 1.82) is 0 Å². The molecule has 0 saturated heterocycles. The van der Waals surface area contributed by atoms with Crippen molar-refractivity contribution in [2.45, 2.75) is 0 Å². The summed E-state index contributed by atoms with van der Waals surface area (Å²) in [6, 6.07) is 5.72. The van der Waals surface area contributed by atoms with Crippen LogP contribution >= 0.6 is 0 Å². The van der Waals surface area contributed by atoms with E-state index >= 15 is 0 Å². The summed E-state index contributed by atoms with van der Waals surface area (Å²) in [6.45, 7) is 0. The smallest absolute Gasteiger partial charge is 0.181 e. The molecule has 0 fully saturated rings. The molecule has 0 bridgehead atoms. The van der Waals surface area contributed by atoms with Gasteiger partial charge in [-0.05, 0) is 12.1 Å². The molecule has 0 atom stereocenters. The van der Waals surface area contributed by atoms with Gasteiger partial charge in [-0.15, -0.1) is 0 Å². The van der Waals surface area contributed by atoms with Crippen LogP contribution in [0.3, 0.4) is 0 Å². The van der Waals surface area contributed by atoms with Crippen LogP contribution in [0.1, 0.15) is 0 Å². The molecule has 3 heterocycles. The molecular weight excluding hydrogens is 202 g/mol. The van der Waals surface area contributed by atoms with Crippen LogP contribution in [0.2, 0.25) is 0 Å². The third kappa shape index (κ3) is 2.78. The summed E-state index contributed by atoms with van der Waals surface area (Å²) in [5.74, 6) is 0. The molecule has 0 aromatic carbocycles. The lowest BCUT2D eigenvalue weighted by atomic mass is 10.5. The Morgan fingerprint density at radius 1 is 0.688 bits per heavy atom. The highest BCUT2D eigenvalue weighted by Crippen LogP contribution is 1.98. The molecule has 5 nitrogen and oxygen atoms in total. The minimum Gasteiger partial charge on any atom is -0.265 e. The first-order valence-corrected chi connectivity index (χ1v) is 4.68. The normalized spacial score (nSPS) is 9.25. The highest BCUT2D eigenvalue weighted by molar-refractivity contribution is 5.66. The molecule has 0 saturated carbocycles. The third-order valence-corrected chi connectivity index (χ3v) is 1.72. The summed E-state index contributed by atoms with van der Waals surface area (Å²) in [7, 11) is 0. The van der Waals surface area contributed by atoms with Gasteiger partial charge in [0, 0.05) is 24.8 Å². The van der Waals surface area contributed by atoms with E-state index in [2.05, 4.69) is 24.9 Å². The number of fused-ring (bicyclic) bond motifs is 1. The lowest BCUT2D eigenvalue weighted by molar-refractivity contribution is 1.15. The van der Waals surface area contributed by atoms with Crippen LogP contribution in [-0.4, -0.2) is 24.9 Å². The van der Waals surface area contributed by atoms with E-state index in [0.29, 0.717) is 5.65 Å². The van der Waals surface area contributed by atoms with Crippen LogP contribution in [0.4, 0.5) is 0 Å². The Labute approximate surface area is 92.3 Å². The molecule has 0 spiro atoms. The van der Waals surface area contributed by atoms with Gasteiger partial charge in [0.15, 0.2) is 5.65 Å². The maximum Gasteiger partial charge on any atom is 0.181 e. The molecule has 0 unspecified atom stereocenters. The van der Waals surface area contributed by atoms with Crippen LogP contribution in [0.15, 0.2) is 55.5 Å². The van der Waals surface area contributed by atoms with Gasteiger partial charge in [0.05, 0.1) is 6.20 Å². The fourth-order valence-electron chi connectivity index (χ4n) is 1.04. The van der Waals surface area contributed by atoms with Gasteiger partial charge in [-0.2, -0.15) is 0 Å². The van der Waals surface area contributed by atoms with E-state index in [1.165, 1.54) is 6.33 Å². The summed E-state index contributed by atoms with van der Waals surface area (Å²) < 4.78 is 0. The second-order valence-electron chi connectivity index (χ2n) is 2.81. The molecule has 0 amide bonds. The van der Waals surface area contributed by atoms with Gasteiger partial charge in [-0.1, -0.05) is 6.07 Å². The molecule has 5 heteroatoms. The maximum absolute atomic E-state index is 3.99. The summed E-state index contributed by atoms with van der Waals surface area (Å²) >= 11 is 0. The van der Waals surface area contributed by atoms with Crippen LogP contribution < -0.4 is 0 Å². The summed E-state index contributed by atoms with van der Waals surface area (Å²) in [5.41, 5.74) is 1.36. The van der Waals surface area contributed by atoms with Crippen molar-refractivity contribution >= 4 is 11.2 Å². The summed E-state index contributed by atoms with van der Waals surface area (Å²) in [6.07, 6.45) is 9.81. The number of rotatable bonds is 0. The van der Waals surface area contributed by atoms with Crippen LogP contribution in [-0.2, 0) is 0 Å². The van der Waals surface area contributed by atoms with E-state index < -0.39 is 0 Å². The Morgan fingerprint density at radius 2 is 1.50 bits per heavy atom. The number of aromatic nitrogens is 5. The van der Waals surface area contributed by atoms with E-state index in [1.54, 1.807) is 31.0 Å². The first kappa shape index (κ1) is 10.1. The quantitative estimate of drug-likeness (QED) is 0.563. The second kappa shape index (κ2) is 5.45. The first-order chi connectivity index (χ1) is 7.97. The Bertz CT molecular complexity index is 449. The Kier molecular flexibility index (Phi) is 3.44. The molecule has 0 aliphatic rings. The van der Waals surface area contributed by atoms with Crippen molar-refractivity contribution in [3.8, 4) is 0 Å². The van der Waals surface area contributed by atoms with Gasteiger partial charge >= 0.3 is 0 Å². The zero-order valence-electron chi connectivity index (χ0n) is 8.43. The average molecular weight is 211 g/mol. The van der Waals surface area contributed by atoms with Crippen molar-refractivity contribution in [2.24, 2.45) is 0 Å². The molecule has 0 aliphatic heterocycles. The van der Waals surface area contributed by atoms with Crippen molar-refractivity contribution in [3.63, 3.8) is 0 Å². The van der Waals surface area contributed by atoms with Gasteiger partial charge in [0.2, 0.25) is 0 Å². The molecule has 16 heavy (non-hydrogen) atoms. The lowest BCUT2D eigenvalue weighted by Gasteiger charge is -1.89. The number of pyridine rings is 1. The third-order valence-electron chi connectivity index (χ3n) is 1.72. The topological polar surface area (TPSA) is 64.5 Å². The molecule has 0 aliphatic carbocycles. The fraction of sp³-hybridized carbons (Fsp3) is 0. The van der Waals surface area contributed by atoms with Crippen LogP contribution in [0, 0.1) is 0 Å². The van der Waals surface area contributed by atoms with Crippen LogP contribution in [0.25, 0.3) is 11.2 Å². The average Bonchev–Trinajstić information content (AvgIpc) is 2.42. The highest BCUT2D eigenvalue weighted by atomic mass is 14.9.